The van der Waals surface area contributed by atoms with Crippen LogP contribution in [0, 0.1) is 0 Å². The lowest BCUT2D eigenvalue weighted by Crippen LogP contribution is -2.55. The molecule has 0 fully saturated rings. The Hall–Kier alpha value is -1.95. The van der Waals surface area contributed by atoms with E-state index in [2.05, 4.69) is 15.4 Å². The molecule has 0 aliphatic heterocycles. The summed E-state index contributed by atoms with van der Waals surface area (Å²) in [6.45, 7) is 5.21. The Morgan fingerprint density at radius 1 is 0.929 bits per heavy atom. The highest BCUT2D eigenvalue weighted by molar-refractivity contribution is 5.89. The predicted molar refractivity (Wildman–Crippen MR) is 97.7 cm³/mol. The maximum absolute atomic E-state index is 12.5. The number of alkyl carbamates (subject to hydrolysis) is 1. The van der Waals surface area contributed by atoms with Crippen molar-refractivity contribution in [2.45, 2.75) is 38.5 Å². The number of rotatable bonds is 13. The molecule has 2 atom stereocenters. The molecule has 0 unspecified atom stereocenters. The summed E-state index contributed by atoms with van der Waals surface area (Å²) < 4.78 is 25.0. The van der Waals surface area contributed by atoms with Gasteiger partial charge in [-0.1, -0.05) is 0 Å². The first-order chi connectivity index (χ1) is 13.1. The third-order valence-electron chi connectivity index (χ3n) is 3.04. The second kappa shape index (κ2) is 14.1. The zero-order valence-electron chi connectivity index (χ0n) is 17.1. The van der Waals surface area contributed by atoms with E-state index in [0.29, 0.717) is 0 Å². The Morgan fingerprint density at radius 2 is 1.57 bits per heavy atom. The quantitative estimate of drug-likeness (QED) is 0.264. The van der Waals surface area contributed by atoms with Crippen LogP contribution >= 0.6 is 0 Å². The van der Waals surface area contributed by atoms with Gasteiger partial charge < -0.3 is 39.4 Å². The number of hydrogen-bond donors (Lipinski definition) is 3. The van der Waals surface area contributed by atoms with E-state index >= 15 is 0 Å². The largest absolute Gasteiger partial charge is 0.467 e. The van der Waals surface area contributed by atoms with Crippen LogP contribution in [0.3, 0.4) is 0 Å². The van der Waals surface area contributed by atoms with Gasteiger partial charge in [-0.2, -0.15) is 0 Å². The fourth-order valence-electron chi connectivity index (χ4n) is 1.87. The summed E-state index contributed by atoms with van der Waals surface area (Å²) in [5.41, 5.74) is -0.737. The van der Waals surface area contributed by atoms with Gasteiger partial charge in [-0.05, 0) is 20.8 Å². The average molecular weight is 408 g/mol. The molecule has 0 bridgehead atoms. The van der Waals surface area contributed by atoms with E-state index in [1.54, 1.807) is 20.8 Å². The lowest BCUT2D eigenvalue weighted by Gasteiger charge is -2.24. The molecular weight excluding hydrogens is 376 g/mol. The molecule has 0 aromatic rings. The normalized spacial score (nSPS) is 13.4. The number of hydrogen-bond acceptors (Lipinski definition) is 9. The van der Waals surface area contributed by atoms with Crippen LogP contribution in [0.5, 0.6) is 0 Å². The standard InChI is InChI=1S/C17H32N2O9/c1-17(2,3)28-16(23)19-12(10-24-4)14(21)18-13(15(22)25-5)11-27-9-8-26-7-6-20/h12-13,20H,6-11H2,1-5H3,(H,18,21)(H,19,23)/t12-,13-/m0/s1. The van der Waals surface area contributed by atoms with Gasteiger partial charge in [-0.15, -0.1) is 0 Å². The molecule has 0 aliphatic carbocycles. The number of carbonyl (C=O) groups is 3. The highest BCUT2D eigenvalue weighted by atomic mass is 16.6. The molecule has 0 saturated carbocycles. The zero-order chi connectivity index (χ0) is 21.6. The second-order valence-electron chi connectivity index (χ2n) is 6.65. The van der Waals surface area contributed by atoms with Gasteiger partial charge in [0.2, 0.25) is 5.91 Å². The summed E-state index contributed by atoms with van der Waals surface area (Å²) in [6, 6.07) is -2.17. The summed E-state index contributed by atoms with van der Waals surface area (Å²) in [4.78, 5) is 36.2. The van der Waals surface area contributed by atoms with Crippen LogP contribution in [-0.4, -0.2) is 94.6 Å². The van der Waals surface area contributed by atoms with Crippen LogP contribution in [0.1, 0.15) is 20.8 Å². The van der Waals surface area contributed by atoms with Gasteiger partial charge in [0.1, 0.15) is 11.6 Å². The van der Waals surface area contributed by atoms with Crippen LogP contribution in [0.25, 0.3) is 0 Å². The van der Waals surface area contributed by atoms with Crippen LogP contribution in [0.4, 0.5) is 4.79 Å². The lowest BCUT2D eigenvalue weighted by atomic mass is 10.2. The SMILES string of the molecule is COC[C@H](NC(=O)OC(C)(C)C)C(=O)N[C@@H](COCCOCCO)C(=O)OC. The summed E-state index contributed by atoms with van der Waals surface area (Å²) in [6.07, 6.45) is -0.795. The molecule has 0 spiro atoms. The van der Waals surface area contributed by atoms with E-state index in [1.807, 2.05) is 0 Å². The Bertz CT molecular complexity index is 480. The van der Waals surface area contributed by atoms with E-state index in [4.69, 9.17) is 24.1 Å². The van der Waals surface area contributed by atoms with Gasteiger partial charge in [0, 0.05) is 7.11 Å². The lowest BCUT2D eigenvalue weighted by molar-refractivity contribution is -0.147. The summed E-state index contributed by atoms with van der Waals surface area (Å²) in [5, 5.41) is 13.5. The van der Waals surface area contributed by atoms with E-state index < -0.39 is 35.7 Å². The number of amides is 2. The van der Waals surface area contributed by atoms with Crippen molar-refractivity contribution < 1.29 is 43.2 Å². The van der Waals surface area contributed by atoms with Crippen molar-refractivity contribution >= 4 is 18.0 Å². The highest BCUT2D eigenvalue weighted by Gasteiger charge is 2.29. The summed E-state index contributed by atoms with van der Waals surface area (Å²) in [5.74, 6) is -1.37. The van der Waals surface area contributed by atoms with Crippen LogP contribution in [0.15, 0.2) is 0 Å². The van der Waals surface area contributed by atoms with E-state index in [9.17, 15) is 14.4 Å². The molecule has 3 N–H and O–H groups in total. The minimum atomic E-state index is -1.09. The number of nitrogens with one attached hydrogen (secondary N) is 2. The maximum atomic E-state index is 12.5. The molecular formula is C17H32N2O9. The van der Waals surface area contributed by atoms with E-state index in [0.717, 1.165) is 0 Å². The molecule has 11 nitrogen and oxygen atoms in total. The molecule has 0 heterocycles. The van der Waals surface area contributed by atoms with Crippen molar-refractivity contribution in [1.82, 2.24) is 10.6 Å². The first kappa shape index (κ1) is 26.1. The zero-order valence-corrected chi connectivity index (χ0v) is 17.1. The fourth-order valence-corrected chi connectivity index (χ4v) is 1.87. The molecule has 0 aromatic heterocycles. The monoisotopic (exact) mass is 408 g/mol. The Labute approximate surface area is 165 Å². The van der Waals surface area contributed by atoms with Crippen molar-refractivity contribution in [1.29, 1.82) is 0 Å². The molecule has 2 amide bonds. The van der Waals surface area contributed by atoms with E-state index in [1.165, 1.54) is 14.2 Å². The van der Waals surface area contributed by atoms with Crippen LogP contribution < -0.4 is 10.6 Å². The van der Waals surface area contributed by atoms with Gasteiger partial charge in [0.05, 0.1) is 46.8 Å². The van der Waals surface area contributed by atoms with Crippen LogP contribution in [0.2, 0.25) is 0 Å². The molecule has 0 aliphatic rings. The fraction of sp³-hybridized carbons (Fsp3) is 0.824. The molecule has 0 rings (SSSR count). The number of aliphatic hydroxyl groups excluding tert-OH is 1. The molecule has 28 heavy (non-hydrogen) atoms. The highest BCUT2D eigenvalue weighted by Crippen LogP contribution is 2.07. The van der Waals surface area contributed by atoms with Gasteiger partial charge in [-0.25, -0.2) is 9.59 Å². The van der Waals surface area contributed by atoms with Gasteiger partial charge >= 0.3 is 12.1 Å². The molecule has 164 valence electrons. The molecule has 0 saturated heterocycles. The van der Waals surface area contributed by atoms with Crippen molar-refractivity contribution in [3.05, 3.63) is 0 Å². The maximum Gasteiger partial charge on any atom is 0.408 e. The number of carbonyl (C=O) groups excluding carboxylic acids is 3. The summed E-state index contributed by atoms with van der Waals surface area (Å²) in [7, 11) is 2.54. The topological polar surface area (TPSA) is 142 Å². The van der Waals surface area contributed by atoms with Crippen molar-refractivity contribution in [2.75, 3.05) is 53.9 Å². The van der Waals surface area contributed by atoms with Crippen molar-refractivity contribution in [2.24, 2.45) is 0 Å². The summed E-state index contributed by atoms with van der Waals surface area (Å²) >= 11 is 0. The van der Waals surface area contributed by atoms with Gasteiger partial charge in [-0.3, -0.25) is 4.79 Å². The first-order valence-corrected chi connectivity index (χ1v) is 8.77. The van der Waals surface area contributed by atoms with Gasteiger partial charge in [0.15, 0.2) is 6.04 Å². The minimum absolute atomic E-state index is 0.105. The third kappa shape index (κ3) is 12.4. The third-order valence-corrected chi connectivity index (χ3v) is 3.04. The second-order valence-corrected chi connectivity index (χ2v) is 6.65. The van der Waals surface area contributed by atoms with Crippen molar-refractivity contribution in [3.8, 4) is 0 Å². The predicted octanol–water partition coefficient (Wildman–Crippen LogP) is -0.791. The van der Waals surface area contributed by atoms with E-state index in [-0.39, 0.29) is 39.6 Å². The number of aliphatic hydroxyl groups is 1. The first-order valence-electron chi connectivity index (χ1n) is 8.77. The number of methoxy groups -OCH3 is 2. The average Bonchev–Trinajstić information content (AvgIpc) is 2.60. The Balaban J connectivity index is 4.74. The minimum Gasteiger partial charge on any atom is -0.467 e. The van der Waals surface area contributed by atoms with Crippen LogP contribution in [-0.2, 0) is 33.3 Å². The number of ether oxygens (including phenoxy) is 5. The Morgan fingerprint density at radius 3 is 2.11 bits per heavy atom. The Kier molecular flexibility index (Phi) is 13.1. The number of esters is 1. The molecule has 0 radical (unpaired) electrons. The molecule has 11 heteroatoms. The van der Waals surface area contributed by atoms with Gasteiger partial charge in [0.25, 0.3) is 0 Å². The molecule has 0 aromatic carbocycles. The smallest absolute Gasteiger partial charge is 0.408 e. The van der Waals surface area contributed by atoms with Crippen molar-refractivity contribution in [3.63, 3.8) is 0 Å².